The van der Waals surface area contributed by atoms with E-state index in [0.29, 0.717) is 17.3 Å². The minimum atomic E-state index is -3.31. The van der Waals surface area contributed by atoms with E-state index in [1.165, 1.54) is 5.56 Å². The summed E-state index contributed by atoms with van der Waals surface area (Å²) in [6.45, 7) is 11.2. The van der Waals surface area contributed by atoms with Gasteiger partial charge in [-0.25, -0.2) is 8.42 Å². The van der Waals surface area contributed by atoms with E-state index in [0.717, 1.165) is 17.4 Å². The van der Waals surface area contributed by atoms with Crippen LogP contribution in [-0.2, 0) is 27.5 Å². The molecule has 0 saturated carbocycles. The van der Waals surface area contributed by atoms with Gasteiger partial charge in [-0.3, -0.25) is 4.72 Å². The van der Waals surface area contributed by atoms with Crippen LogP contribution in [0.15, 0.2) is 48.5 Å². The molecule has 29 heavy (non-hydrogen) atoms. The Morgan fingerprint density at radius 2 is 1.45 bits per heavy atom. The average Bonchev–Trinajstić information content (AvgIpc) is 2.58. The van der Waals surface area contributed by atoms with Gasteiger partial charge < -0.3 is 10.6 Å². The second-order valence-corrected chi connectivity index (χ2v) is 11.0. The first-order chi connectivity index (χ1) is 13.2. The van der Waals surface area contributed by atoms with Gasteiger partial charge in [0.25, 0.3) is 0 Å². The summed E-state index contributed by atoms with van der Waals surface area (Å²) in [4.78, 5) is 1.98. The van der Waals surface area contributed by atoms with Gasteiger partial charge in [-0.2, -0.15) is 0 Å². The summed E-state index contributed by atoms with van der Waals surface area (Å²) in [7, 11) is -3.31. The molecule has 2 aromatic rings. The fourth-order valence-electron chi connectivity index (χ4n) is 3.16. The molecule has 0 aliphatic rings. The van der Waals surface area contributed by atoms with Crippen molar-refractivity contribution in [2.75, 3.05) is 11.0 Å². The Hall–Kier alpha value is -2.12. The lowest BCUT2D eigenvalue weighted by Gasteiger charge is -2.40. The summed E-state index contributed by atoms with van der Waals surface area (Å²) in [5.41, 5.74) is 9.61. The van der Waals surface area contributed by atoms with Gasteiger partial charge in [0.15, 0.2) is 5.11 Å². The maximum Gasteiger partial charge on any atom is 0.229 e. The monoisotopic (exact) mass is 433 g/mol. The minimum Gasteiger partial charge on any atom is -0.376 e. The number of nitrogens with one attached hydrogen (secondary N) is 1. The first kappa shape index (κ1) is 23.2. The van der Waals surface area contributed by atoms with Crippen LogP contribution in [0.5, 0.6) is 0 Å². The third-order valence-electron chi connectivity index (χ3n) is 5.00. The fourth-order valence-corrected chi connectivity index (χ4v) is 4.02. The number of nitrogens with zero attached hydrogens (tertiary/aromatic N) is 1. The predicted octanol–water partition coefficient (Wildman–Crippen LogP) is 4.34. The lowest BCUT2D eigenvalue weighted by Crippen LogP contribution is -2.47. The molecule has 0 atom stereocenters. The second-order valence-electron chi connectivity index (χ2n) is 8.88. The van der Waals surface area contributed by atoms with E-state index in [1.54, 1.807) is 12.1 Å². The molecule has 0 saturated heterocycles. The lowest BCUT2D eigenvalue weighted by molar-refractivity contribution is 0.210. The predicted molar refractivity (Wildman–Crippen MR) is 125 cm³/mol. The number of anilines is 1. The van der Waals surface area contributed by atoms with E-state index in [1.807, 2.05) is 17.0 Å². The molecular weight excluding hydrogens is 402 g/mol. The van der Waals surface area contributed by atoms with E-state index in [-0.39, 0.29) is 5.41 Å². The van der Waals surface area contributed by atoms with E-state index in [2.05, 4.69) is 63.6 Å². The van der Waals surface area contributed by atoms with Gasteiger partial charge in [0.1, 0.15) is 0 Å². The van der Waals surface area contributed by atoms with Crippen molar-refractivity contribution in [2.45, 2.75) is 52.1 Å². The molecule has 0 spiro atoms. The summed E-state index contributed by atoms with van der Waals surface area (Å²) in [6, 6.07) is 15.8. The Bertz CT molecular complexity index is 959. The van der Waals surface area contributed by atoms with Crippen molar-refractivity contribution < 1.29 is 8.42 Å². The van der Waals surface area contributed by atoms with Gasteiger partial charge in [-0.15, -0.1) is 0 Å². The van der Waals surface area contributed by atoms with Crippen molar-refractivity contribution in [3.05, 3.63) is 65.2 Å². The second kappa shape index (κ2) is 8.32. The van der Waals surface area contributed by atoms with Gasteiger partial charge in [-0.1, -0.05) is 57.2 Å². The molecule has 0 bridgehead atoms. The molecule has 0 radical (unpaired) electrons. The summed E-state index contributed by atoms with van der Waals surface area (Å²) >= 11 is 5.36. The van der Waals surface area contributed by atoms with Crippen LogP contribution < -0.4 is 10.5 Å². The maximum absolute atomic E-state index is 11.4. The quantitative estimate of drug-likeness (QED) is 0.663. The van der Waals surface area contributed by atoms with Gasteiger partial charge in [0, 0.05) is 12.2 Å². The van der Waals surface area contributed by atoms with Crippen molar-refractivity contribution >= 4 is 33.0 Å². The summed E-state index contributed by atoms with van der Waals surface area (Å²) in [6.07, 6.45) is 1.13. The lowest BCUT2D eigenvalue weighted by atomic mass is 9.86. The van der Waals surface area contributed by atoms with Crippen molar-refractivity contribution in [1.29, 1.82) is 0 Å². The van der Waals surface area contributed by atoms with Gasteiger partial charge in [0.05, 0.1) is 11.8 Å². The molecule has 0 aliphatic carbocycles. The zero-order chi connectivity index (χ0) is 22.0. The van der Waals surface area contributed by atoms with Crippen LogP contribution in [-0.4, -0.2) is 24.7 Å². The molecule has 5 nitrogen and oxygen atoms in total. The van der Waals surface area contributed by atoms with Crippen molar-refractivity contribution in [3.63, 3.8) is 0 Å². The van der Waals surface area contributed by atoms with Crippen LogP contribution >= 0.6 is 12.2 Å². The Balaban J connectivity index is 2.27. The van der Waals surface area contributed by atoms with Gasteiger partial charge >= 0.3 is 0 Å². The number of hydrogen-bond donors (Lipinski definition) is 2. The SMILES string of the molecule is CC(C)(C)c1ccc(CN(C(N)=S)C(C)(C)c2ccc(NS(C)(=O)=O)cc2)cc1. The fraction of sp³-hybridized carbons (Fsp3) is 0.409. The normalized spacial score (nSPS) is 12.5. The highest BCUT2D eigenvalue weighted by Crippen LogP contribution is 2.31. The standard InChI is InChI=1S/C22H31N3O2S2/c1-21(2,3)17-9-7-16(8-10-17)15-25(20(23)28)22(4,5)18-11-13-19(14-12-18)24-29(6,26)27/h7-14,24H,15H2,1-6H3,(H2,23,28). The molecule has 0 heterocycles. The molecule has 3 N–H and O–H groups in total. The number of nitrogens with two attached hydrogens (primary N) is 1. The maximum atomic E-state index is 11.4. The Morgan fingerprint density at radius 3 is 1.86 bits per heavy atom. The highest BCUT2D eigenvalue weighted by Gasteiger charge is 2.30. The summed E-state index contributed by atoms with van der Waals surface area (Å²) in [5.74, 6) is 0. The van der Waals surface area contributed by atoms with E-state index < -0.39 is 15.6 Å². The zero-order valence-electron chi connectivity index (χ0n) is 18.0. The zero-order valence-corrected chi connectivity index (χ0v) is 19.6. The van der Waals surface area contributed by atoms with Crippen LogP contribution in [0, 0.1) is 0 Å². The molecule has 0 fully saturated rings. The molecule has 2 aromatic carbocycles. The van der Waals surface area contributed by atoms with Crippen LogP contribution in [0.1, 0.15) is 51.3 Å². The third-order valence-corrected chi connectivity index (χ3v) is 5.82. The highest BCUT2D eigenvalue weighted by atomic mass is 32.2. The van der Waals surface area contributed by atoms with E-state index >= 15 is 0 Å². The Kier molecular flexibility index (Phi) is 6.65. The van der Waals surface area contributed by atoms with E-state index in [4.69, 9.17) is 18.0 Å². The van der Waals surface area contributed by atoms with E-state index in [9.17, 15) is 8.42 Å². The smallest absolute Gasteiger partial charge is 0.229 e. The first-order valence-electron chi connectivity index (χ1n) is 9.45. The largest absolute Gasteiger partial charge is 0.376 e. The topological polar surface area (TPSA) is 75.4 Å². The number of thiocarbonyl (C=S) groups is 1. The summed E-state index contributed by atoms with van der Waals surface area (Å²) in [5, 5.41) is 0.313. The van der Waals surface area contributed by atoms with Crippen LogP contribution in [0.3, 0.4) is 0 Å². The minimum absolute atomic E-state index is 0.0996. The molecule has 7 heteroatoms. The third kappa shape index (κ3) is 6.18. The molecule has 158 valence electrons. The van der Waals surface area contributed by atoms with Crippen LogP contribution in [0.2, 0.25) is 0 Å². The van der Waals surface area contributed by atoms with Gasteiger partial charge in [-0.05, 0) is 60.3 Å². The molecule has 0 aliphatic heterocycles. The Labute approximate surface area is 180 Å². The molecule has 0 aromatic heterocycles. The van der Waals surface area contributed by atoms with Crippen LogP contribution in [0.25, 0.3) is 0 Å². The molecular formula is C22H31N3O2S2. The van der Waals surface area contributed by atoms with Crippen molar-refractivity contribution in [3.8, 4) is 0 Å². The average molecular weight is 434 g/mol. The number of rotatable bonds is 6. The Morgan fingerprint density at radius 1 is 0.966 bits per heavy atom. The molecule has 0 amide bonds. The number of hydrogen-bond acceptors (Lipinski definition) is 3. The van der Waals surface area contributed by atoms with Crippen molar-refractivity contribution in [2.24, 2.45) is 5.73 Å². The van der Waals surface area contributed by atoms with Crippen molar-refractivity contribution in [1.82, 2.24) is 4.90 Å². The number of sulfonamides is 1. The highest BCUT2D eigenvalue weighted by molar-refractivity contribution is 7.92. The van der Waals surface area contributed by atoms with Crippen LogP contribution in [0.4, 0.5) is 5.69 Å². The first-order valence-corrected chi connectivity index (χ1v) is 11.7. The molecule has 2 rings (SSSR count). The van der Waals surface area contributed by atoms with Gasteiger partial charge in [0.2, 0.25) is 10.0 Å². The summed E-state index contributed by atoms with van der Waals surface area (Å²) < 4.78 is 25.3. The molecule has 0 unspecified atom stereocenters. The number of benzene rings is 2.